The van der Waals surface area contributed by atoms with Crippen LogP contribution in [-0.2, 0) is 6.42 Å². The Bertz CT molecular complexity index is 425. The molecule has 1 aromatic rings. The van der Waals surface area contributed by atoms with E-state index in [1.54, 1.807) is 0 Å². The Labute approximate surface area is 124 Å². The van der Waals surface area contributed by atoms with E-state index >= 15 is 0 Å². The Hall–Kier alpha value is -0.860. The van der Waals surface area contributed by atoms with E-state index in [1.165, 1.54) is 43.2 Å². The fourth-order valence-corrected chi connectivity index (χ4v) is 3.81. The first kappa shape index (κ1) is 15.5. The van der Waals surface area contributed by atoms with Crippen molar-refractivity contribution >= 4 is 0 Å². The van der Waals surface area contributed by atoms with Gasteiger partial charge in [0.2, 0.25) is 0 Å². The molecule has 2 nitrogen and oxygen atoms in total. The van der Waals surface area contributed by atoms with Gasteiger partial charge in [0, 0.05) is 6.04 Å². The molecule has 1 aromatic carbocycles. The minimum atomic E-state index is 0.280. The highest BCUT2D eigenvalue weighted by Gasteiger charge is 2.37. The largest absolute Gasteiger partial charge is 0.271 e. The van der Waals surface area contributed by atoms with Crippen LogP contribution < -0.4 is 11.3 Å². The Morgan fingerprint density at radius 3 is 2.80 bits per heavy atom. The van der Waals surface area contributed by atoms with E-state index in [2.05, 4.69) is 50.5 Å². The summed E-state index contributed by atoms with van der Waals surface area (Å²) in [5.74, 6) is 6.55. The van der Waals surface area contributed by atoms with Gasteiger partial charge in [-0.2, -0.15) is 0 Å². The quantitative estimate of drug-likeness (QED) is 0.618. The highest BCUT2D eigenvalue weighted by atomic mass is 15.2. The van der Waals surface area contributed by atoms with Gasteiger partial charge in [-0.25, -0.2) is 0 Å². The second kappa shape index (κ2) is 6.73. The molecular weight excluding hydrogens is 244 g/mol. The van der Waals surface area contributed by atoms with E-state index < -0.39 is 0 Å². The topological polar surface area (TPSA) is 38.0 Å². The lowest BCUT2D eigenvalue weighted by molar-refractivity contribution is 0.0982. The Balaban J connectivity index is 2.24. The van der Waals surface area contributed by atoms with Crippen LogP contribution in [0.1, 0.15) is 70.0 Å². The van der Waals surface area contributed by atoms with Gasteiger partial charge in [0.05, 0.1) is 0 Å². The van der Waals surface area contributed by atoms with Crippen molar-refractivity contribution in [2.24, 2.45) is 17.2 Å². The first-order valence-electron chi connectivity index (χ1n) is 8.13. The third-order valence-electron chi connectivity index (χ3n) is 5.02. The number of nitrogens with two attached hydrogens (primary N) is 1. The lowest BCUT2D eigenvalue weighted by Gasteiger charge is -2.43. The van der Waals surface area contributed by atoms with Gasteiger partial charge in [0.25, 0.3) is 0 Å². The van der Waals surface area contributed by atoms with Crippen LogP contribution in [0, 0.1) is 11.3 Å². The van der Waals surface area contributed by atoms with Crippen LogP contribution in [0.3, 0.4) is 0 Å². The van der Waals surface area contributed by atoms with Crippen LogP contribution >= 0.6 is 0 Å². The molecule has 112 valence electrons. The number of rotatable bonds is 5. The van der Waals surface area contributed by atoms with Gasteiger partial charge >= 0.3 is 0 Å². The fraction of sp³-hybridized carbons (Fsp3) is 0.667. The Kier molecular flexibility index (Phi) is 5.22. The molecule has 1 fully saturated rings. The molecule has 0 aromatic heterocycles. The maximum Gasteiger partial charge on any atom is 0.0493 e. The fourth-order valence-electron chi connectivity index (χ4n) is 3.81. The van der Waals surface area contributed by atoms with Crippen LogP contribution in [0.2, 0.25) is 0 Å². The minimum absolute atomic E-state index is 0.280. The van der Waals surface area contributed by atoms with Crippen molar-refractivity contribution in [2.75, 3.05) is 0 Å². The average Bonchev–Trinajstić information content (AvgIpc) is 2.42. The molecule has 2 unspecified atom stereocenters. The predicted octanol–water partition coefficient (Wildman–Crippen LogP) is 4.36. The van der Waals surface area contributed by atoms with Crippen LogP contribution in [0.25, 0.3) is 0 Å². The highest BCUT2D eigenvalue weighted by Crippen LogP contribution is 2.46. The van der Waals surface area contributed by atoms with Gasteiger partial charge in [-0.1, -0.05) is 64.3 Å². The van der Waals surface area contributed by atoms with Crippen LogP contribution in [-0.4, -0.2) is 0 Å². The summed E-state index contributed by atoms with van der Waals surface area (Å²) in [7, 11) is 0. The number of hydrogen-bond donors (Lipinski definition) is 2. The van der Waals surface area contributed by atoms with Crippen molar-refractivity contribution < 1.29 is 0 Å². The van der Waals surface area contributed by atoms with Gasteiger partial charge in [-0.3, -0.25) is 11.3 Å². The zero-order chi connectivity index (χ0) is 14.6. The van der Waals surface area contributed by atoms with Gasteiger partial charge in [-0.05, 0) is 41.7 Å². The molecule has 1 aliphatic carbocycles. The molecule has 1 aliphatic rings. The molecule has 0 amide bonds. The third-order valence-corrected chi connectivity index (χ3v) is 5.02. The van der Waals surface area contributed by atoms with Gasteiger partial charge in [0.1, 0.15) is 0 Å². The first-order valence-corrected chi connectivity index (χ1v) is 8.13. The monoisotopic (exact) mass is 274 g/mol. The molecule has 0 heterocycles. The lowest BCUT2D eigenvalue weighted by atomic mass is 9.65. The molecule has 1 saturated carbocycles. The van der Waals surface area contributed by atoms with Crippen molar-refractivity contribution in [3.8, 4) is 0 Å². The third kappa shape index (κ3) is 3.42. The molecule has 0 aliphatic heterocycles. The van der Waals surface area contributed by atoms with Crippen molar-refractivity contribution in [3.05, 3.63) is 35.4 Å². The van der Waals surface area contributed by atoms with Crippen molar-refractivity contribution in [1.82, 2.24) is 5.43 Å². The predicted molar refractivity (Wildman–Crippen MR) is 86.2 cm³/mol. The summed E-state index contributed by atoms with van der Waals surface area (Å²) in [5, 5.41) is 0. The lowest BCUT2D eigenvalue weighted by Crippen LogP contribution is -2.41. The zero-order valence-corrected chi connectivity index (χ0v) is 13.3. The number of benzene rings is 1. The summed E-state index contributed by atoms with van der Waals surface area (Å²) in [5.41, 5.74) is 6.27. The molecule has 0 spiro atoms. The van der Waals surface area contributed by atoms with Crippen LogP contribution in [0.5, 0.6) is 0 Å². The number of nitrogens with one attached hydrogen (secondary N) is 1. The summed E-state index contributed by atoms with van der Waals surface area (Å²) in [4.78, 5) is 0. The average molecular weight is 274 g/mol. The zero-order valence-electron chi connectivity index (χ0n) is 13.3. The Morgan fingerprint density at radius 1 is 1.35 bits per heavy atom. The summed E-state index contributed by atoms with van der Waals surface area (Å²) >= 11 is 0. The molecule has 2 heteroatoms. The maximum atomic E-state index is 5.93. The molecule has 0 radical (unpaired) electrons. The summed E-state index contributed by atoms with van der Waals surface area (Å²) < 4.78 is 0. The maximum absolute atomic E-state index is 5.93. The molecular formula is C18H30N2. The molecule has 0 saturated heterocycles. The molecule has 2 rings (SSSR count). The standard InChI is InChI=1S/C18H30N2/c1-4-8-14-9-7-10-15(13-14)17(20-19)16-11-5-6-12-18(16,2)3/h7,9-10,13,16-17,20H,4-6,8,11-12,19H2,1-3H3. The number of hydrazine groups is 1. The van der Waals surface area contributed by atoms with Crippen LogP contribution in [0.15, 0.2) is 24.3 Å². The molecule has 2 atom stereocenters. The summed E-state index contributed by atoms with van der Waals surface area (Å²) in [6.45, 7) is 7.03. The van der Waals surface area contributed by atoms with E-state index in [-0.39, 0.29) is 6.04 Å². The van der Waals surface area contributed by atoms with E-state index in [0.29, 0.717) is 11.3 Å². The second-order valence-electron chi connectivity index (χ2n) is 6.98. The van der Waals surface area contributed by atoms with Crippen molar-refractivity contribution in [1.29, 1.82) is 0 Å². The molecule has 3 N–H and O–H groups in total. The first-order chi connectivity index (χ1) is 9.58. The summed E-state index contributed by atoms with van der Waals surface area (Å²) in [6.07, 6.45) is 7.63. The van der Waals surface area contributed by atoms with E-state index in [4.69, 9.17) is 5.84 Å². The second-order valence-corrected chi connectivity index (χ2v) is 6.98. The summed E-state index contributed by atoms with van der Waals surface area (Å²) in [6, 6.07) is 9.27. The molecule has 0 bridgehead atoms. The van der Waals surface area contributed by atoms with Gasteiger partial charge in [-0.15, -0.1) is 0 Å². The van der Waals surface area contributed by atoms with Crippen LogP contribution in [0.4, 0.5) is 0 Å². The van der Waals surface area contributed by atoms with Gasteiger partial charge < -0.3 is 0 Å². The normalized spacial score (nSPS) is 23.5. The molecule has 20 heavy (non-hydrogen) atoms. The SMILES string of the molecule is CCCc1cccc(C(NN)C2CCCCC2(C)C)c1. The smallest absolute Gasteiger partial charge is 0.0493 e. The Morgan fingerprint density at radius 2 is 2.15 bits per heavy atom. The van der Waals surface area contributed by atoms with E-state index in [9.17, 15) is 0 Å². The van der Waals surface area contributed by atoms with Crippen molar-refractivity contribution in [2.45, 2.75) is 65.3 Å². The van der Waals surface area contributed by atoms with Crippen molar-refractivity contribution in [3.63, 3.8) is 0 Å². The number of hydrogen-bond acceptors (Lipinski definition) is 2. The number of aryl methyl sites for hydroxylation is 1. The highest BCUT2D eigenvalue weighted by molar-refractivity contribution is 5.27. The van der Waals surface area contributed by atoms with E-state index in [1.807, 2.05) is 0 Å². The van der Waals surface area contributed by atoms with Gasteiger partial charge in [0.15, 0.2) is 0 Å². The van der Waals surface area contributed by atoms with E-state index in [0.717, 1.165) is 6.42 Å². The minimum Gasteiger partial charge on any atom is -0.271 e.